The zero-order valence-corrected chi connectivity index (χ0v) is 12.1. The van der Waals surface area contributed by atoms with Crippen LogP contribution in [0.5, 0.6) is 5.75 Å². The van der Waals surface area contributed by atoms with Crippen molar-refractivity contribution in [2.75, 3.05) is 5.73 Å². The van der Waals surface area contributed by atoms with Crippen molar-refractivity contribution in [1.82, 2.24) is 0 Å². The van der Waals surface area contributed by atoms with Gasteiger partial charge in [0.2, 0.25) is 0 Å². The van der Waals surface area contributed by atoms with Gasteiger partial charge in [-0.25, -0.2) is 4.39 Å². The molecule has 5 nitrogen and oxygen atoms in total. The van der Waals surface area contributed by atoms with Gasteiger partial charge in [-0.1, -0.05) is 23.7 Å². The van der Waals surface area contributed by atoms with Crippen LogP contribution in [0.4, 0.5) is 10.1 Å². The van der Waals surface area contributed by atoms with E-state index in [1.807, 2.05) is 0 Å². The van der Waals surface area contributed by atoms with Gasteiger partial charge in [0.05, 0.1) is 10.6 Å². The number of aromatic hydroxyl groups is 1. The number of carboxylic acid groups (broad SMARTS) is 1. The molecule has 0 saturated heterocycles. The summed E-state index contributed by atoms with van der Waals surface area (Å²) in [7, 11) is 0. The molecule has 2 aromatic carbocycles. The summed E-state index contributed by atoms with van der Waals surface area (Å²) in [4.78, 5) is 10.8. The van der Waals surface area contributed by atoms with Crippen molar-refractivity contribution < 1.29 is 19.4 Å². The Morgan fingerprint density at radius 3 is 2.55 bits per heavy atom. The Bertz CT molecular complexity index is 717. The average molecular weight is 325 g/mol. The molecule has 2 rings (SSSR count). The molecule has 0 saturated carbocycles. The van der Waals surface area contributed by atoms with Gasteiger partial charge in [0, 0.05) is 17.7 Å². The summed E-state index contributed by atoms with van der Waals surface area (Å²) in [6.07, 6.45) is -0.0550. The molecule has 1 atom stereocenters. The standard InChI is InChI=1S/C15H14ClFN2O3/c16-8-2-1-3-9(17)12(8)13-11(20)5-4-7(14(13)19)6-10(18)15(21)22/h1-5,10,20H,6,18-19H2,(H,21,22)/t10-/m0/s1. The number of nitrogen functional groups attached to an aromatic ring is 1. The van der Waals surface area contributed by atoms with Gasteiger partial charge in [0.1, 0.15) is 17.6 Å². The maximum Gasteiger partial charge on any atom is 0.320 e. The van der Waals surface area contributed by atoms with Crippen LogP contribution in [-0.2, 0) is 11.2 Å². The second kappa shape index (κ2) is 6.21. The summed E-state index contributed by atoms with van der Waals surface area (Å²) >= 11 is 5.99. The van der Waals surface area contributed by atoms with E-state index in [4.69, 9.17) is 28.2 Å². The highest BCUT2D eigenvalue weighted by atomic mass is 35.5. The van der Waals surface area contributed by atoms with Crippen molar-refractivity contribution in [3.05, 3.63) is 46.7 Å². The summed E-state index contributed by atoms with van der Waals surface area (Å²) in [5.74, 6) is -2.08. The SMILES string of the molecule is Nc1c(C[C@H](N)C(=O)O)ccc(O)c1-c1c(F)cccc1Cl. The van der Waals surface area contributed by atoms with Gasteiger partial charge < -0.3 is 21.7 Å². The monoisotopic (exact) mass is 324 g/mol. The molecular formula is C15H14ClFN2O3. The van der Waals surface area contributed by atoms with Crippen LogP contribution < -0.4 is 11.5 Å². The van der Waals surface area contributed by atoms with Gasteiger partial charge in [-0.05, 0) is 23.8 Å². The van der Waals surface area contributed by atoms with E-state index in [9.17, 15) is 14.3 Å². The third kappa shape index (κ3) is 2.98. The van der Waals surface area contributed by atoms with Crippen LogP contribution in [0.15, 0.2) is 30.3 Å². The molecule has 0 aliphatic carbocycles. The quantitative estimate of drug-likeness (QED) is 0.645. The Balaban J connectivity index is 2.60. The van der Waals surface area contributed by atoms with E-state index in [1.54, 1.807) is 0 Å². The van der Waals surface area contributed by atoms with E-state index in [1.165, 1.54) is 30.3 Å². The number of nitrogens with two attached hydrogens (primary N) is 2. The number of hydrogen-bond donors (Lipinski definition) is 4. The summed E-state index contributed by atoms with van der Waals surface area (Å²) in [5, 5.41) is 19.0. The Hall–Kier alpha value is -2.31. The first-order valence-corrected chi connectivity index (χ1v) is 6.73. The van der Waals surface area contributed by atoms with Crippen LogP contribution in [-0.4, -0.2) is 22.2 Å². The van der Waals surface area contributed by atoms with Crippen LogP contribution in [0.3, 0.4) is 0 Å². The molecule has 2 aromatic rings. The van der Waals surface area contributed by atoms with Gasteiger partial charge in [0.15, 0.2) is 0 Å². The molecule has 0 spiro atoms. The lowest BCUT2D eigenvalue weighted by Gasteiger charge is -2.16. The number of rotatable bonds is 4. The third-order valence-electron chi connectivity index (χ3n) is 3.28. The number of anilines is 1. The summed E-state index contributed by atoms with van der Waals surface area (Å²) in [6.45, 7) is 0. The maximum atomic E-state index is 14.0. The lowest BCUT2D eigenvalue weighted by atomic mass is 9.95. The van der Waals surface area contributed by atoms with Gasteiger partial charge in [0.25, 0.3) is 0 Å². The van der Waals surface area contributed by atoms with Crippen molar-refractivity contribution in [3.63, 3.8) is 0 Å². The Morgan fingerprint density at radius 2 is 1.95 bits per heavy atom. The van der Waals surface area contributed by atoms with E-state index in [2.05, 4.69) is 0 Å². The Kier molecular flexibility index (Phi) is 4.54. The largest absolute Gasteiger partial charge is 0.507 e. The predicted octanol–water partition coefficient (Wildman–Crippen LogP) is 2.39. The number of benzene rings is 2. The molecule has 0 fully saturated rings. The number of carbonyl (C=O) groups is 1. The minimum absolute atomic E-state index is 0.0261. The fourth-order valence-corrected chi connectivity index (χ4v) is 2.41. The molecule has 0 aromatic heterocycles. The van der Waals surface area contributed by atoms with E-state index in [0.29, 0.717) is 5.56 Å². The summed E-state index contributed by atoms with van der Waals surface area (Å²) < 4.78 is 14.0. The third-order valence-corrected chi connectivity index (χ3v) is 3.60. The molecule has 7 heteroatoms. The van der Waals surface area contributed by atoms with Crippen LogP contribution in [0.25, 0.3) is 11.1 Å². The highest BCUT2D eigenvalue weighted by molar-refractivity contribution is 6.33. The van der Waals surface area contributed by atoms with E-state index < -0.39 is 17.8 Å². The second-order valence-corrected chi connectivity index (χ2v) is 5.19. The number of carboxylic acids is 1. The minimum atomic E-state index is -1.18. The first-order chi connectivity index (χ1) is 10.3. The zero-order valence-electron chi connectivity index (χ0n) is 11.4. The highest BCUT2D eigenvalue weighted by Gasteiger charge is 2.21. The lowest BCUT2D eigenvalue weighted by Crippen LogP contribution is -2.32. The highest BCUT2D eigenvalue weighted by Crippen LogP contribution is 2.41. The second-order valence-electron chi connectivity index (χ2n) is 4.78. The van der Waals surface area contributed by atoms with Crippen LogP contribution in [0.2, 0.25) is 5.02 Å². The number of hydrogen-bond acceptors (Lipinski definition) is 4. The molecule has 0 aliphatic heterocycles. The number of phenols is 1. The molecule has 6 N–H and O–H groups in total. The van der Waals surface area contributed by atoms with E-state index in [-0.39, 0.29) is 34.0 Å². The van der Waals surface area contributed by atoms with E-state index >= 15 is 0 Å². The molecule has 0 aliphatic rings. The first-order valence-electron chi connectivity index (χ1n) is 6.36. The van der Waals surface area contributed by atoms with Crippen molar-refractivity contribution >= 4 is 23.3 Å². The molecular weight excluding hydrogens is 311 g/mol. The van der Waals surface area contributed by atoms with Crippen molar-refractivity contribution in [3.8, 4) is 16.9 Å². The van der Waals surface area contributed by atoms with Crippen molar-refractivity contribution in [2.24, 2.45) is 5.73 Å². The number of halogens is 2. The summed E-state index contributed by atoms with van der Waals surface area (Å²) in [5.41, 5.74) is 11.9. The van der Waals surface area contributed by atoms with Gasteiger partial charge in [-0.2, -0.15) is 0 Å². The topological polar surface area (TPSA) is 110 Å². The molecule has 0 amide bonds. The fourth-order valence-electron chi connectivity index (χ4n) is 2.15. The average Bonchev–Trinajstić information content (AvgIpc) is 2.44. The Labute approximate surface area is 130 Å². The molecule has 116 valence electrons. The molecule has 0 bridgehead atoms. The van der Waals surface area contributed by atoms with Crippen molar-refractivity contribution in [2.45, 2.75) is 12.5 Å². The van der Waals surface area contributed by atoms with Gasteiger partial charge >= 0.3 is 5.97 Å². The number of phenolic OH excluding ortho intramolecular Hbond substituents is 1. The van der Waals surface area contributed by atoms with Crippen LogP contribution in [0, 0.1) is 5.82 Å². The van der Waals surface area contributed by atoms with Crippen molar-refractivity contribution in [1.29, 1.82) is 0 Å². The predicted molar refractivity (Wildman–Crippen MR) is 82.2 cm³/mol. The molecule has 22 heavy (non-hydrogen) atoms. The van der Waals surface area contributed by atoms with Crippen LogP contribution >= 0.6 is 11.6 Å². The Morgan fingerprint density at radius 1 is 1.27 bits per heavy atom. The first kappa shape index (κ1) is 16.1. The van der Waals surface area contributed by atoms with Gasteiger partial charge in [-0.3, -0.25) is 4.79 Å². The smallest absolute Gasteiger partial charge is 0.320 e. The lowest BCUT2D eigenvalue weighted by molar-refractivity contribution is -0.138. The van der Waals surface area contributed by atoms with E-state index in [0.717, 1.165) is 0 Å². The molecule has 0 radical (unpaired) electrons. The van der Waals surface area contributed by atoms with Crippen LogP contribution in [0.1, 0.15) is 5.56 Å². The number of aliphatic carboxylic acids is 1. The molecule has 0 unspecified atom stereocenters. The molecule has 0 heterocycles. The summed E-state index contributed by atoms with van der Waals surface area (Å²) in [6, 6.07) is 5.68. The maximum absolute atomic E-state index is 14.0. The van der Waals surface area contributed by atoms with Gasteiger partial charge in [-0.15, -0.1) is 0 Å². The fraction of sp³-hybridized carbons (Fsp3) is 0.133. The zero-order chi connectivity index (χ0) is 16.4. The normalized spacial score (nSPS) is 12.1. The minimum Gasteiger partial charge on any atom is -0.507 e.